The summed E-state index contributed by atoms with van der Waals surface area (Å²) >= 11 is 5.45. The Bertz CT molecular complexity index is 202. The fourth-order valence-corrected chi connectivity index (χ4v) is 1.18. The molecule has 0 saturated carbocycles. The molecule has 0 heterocycles. The van der Waals surface area contributed by atoms with E-state index >= 15 is 0 Å². The van der Waals surface area contributed by atoms with E-state index in [1.807, 2.05) is 0 Å². The Hall–Kier alpha value is -0.280. The highest BCUT2D eigenvalue weighted by molar-refractivity contribution is 6.17. The first-order valence-electron chi connectivity index (χ1n) is 5.78. The number of hydrogen-bond acceptors (Lipinski definition) is 2. The molecule has 0 spiro atoms. The second-order valence-corrected chi connectivity index (χ2v) is 5.50. The smallest absolute Gasteiger partial charge is 0.220 e. The van der Waals surface area contributed by atoms with Gasteiger partial charge in [-0.05, 0) is 11.3 Å². The summed E-state index contributed by atoms with van der Waals surface area (Å²) in [6.45, 7) is 10.2. The monoisotopic (exact) mass is 249 g/mol. The fraction of sp³-hybridized carbons (Fsp3) is 0.917. The maximum atomic E-state index is 11.5. The van der Waals surface area contributed by atoms with Gasteiger partial charge in [0.1, 0.15) is 0 Å². The number of carbonyl (C=O) groups excluding carboxylic acids is 1. The molecule has 0 radical (unpaired) electrons. The Kier molecular flexibility index (Phi) is 7.77. The van der Waals surface area contributed by atoms with E-state index in [1.54, 1.807) is 0 Å². The number of alkyl halides is 1. The van der Waals surface area contributed by atoms with Crippen LogP contribution in [0.15, 0.2) is 0 Å². The molecule has 0 aliphatic rings. The molecular formula is C12H24ClNO2. The summed E-state index contributed by atoms with van der Waals surface area (Å²) in [6.07, 6.45) is 0.568. The lowest BCUT2D eigenvalue weighted by atomic mass is 9.80. The van der Waals surface area contributed by atoms with Crippen molar-refractivity contribution in [3.8, 4) is 0 Å². The van der Waals surface area contributed by atoms with Gasteiger partial charge in [-0.3, -0.25) is 4.79 Å². The summed E-state index contributed by atoms with van der Waals surface area (Å²) in [6, 6.07) is 0. The van der Waals surface area contributed by atoms with Crippen LogP contribution in [0.4, 0.5) is 0 Å². The van der Waals surface area contributed by atoms with E-state index < -0.39 is 0 Å². The molecule has 3 nitrogen and oxygen atoms in total. The largest absolute Gasteiger partial charge is 0.378 e. The SMILES string of the molecule is CC(CC(=O)NCCOCCCl)C(C)(C)C. The molecule has 0 aliphatic carbocycles. The molecule has 0 aromatic rings. The van der Waals surface area contributed by atoms with Gasteiger partial charge in [0.25, 0.3) is 0 Å². The molecule has 0 fully saturated rings. The second-order valence-electron chi connectivity index (χ2n) is 5.12. The fourth-order valence-electron chi connectivity index (χ4n) is 1.08. The molecule has 0 aromatic carbocycles. The van der Waals surface area contributed by atoms with Crippen molar-refractivity contribution in [3.63, 3.8) is 0 Å². The molecule has 0 saturated heterocycles. The Balaban J connectivity index is 3.59. The molecule has 0 bridgehead atoms. The van der Waals surface area contributed by atoms with E-state index in [1.165, 1.54) is 0 Å². The van der Waals surface area contributed by atoms with Crippen molar-refractivity contribution < 1.29 is 9.53 Å². The van der Waals surface area contributed by atoms with Crippen molar-refractivity contribution in [2.24, 2.45) is 11.3 Å². The predicted octanol–water partition coefficient (Wildman–Crippen LogP) is 2.43. The third kappa shape index (κ3) is 7.94. The van der Waals surface area contributed by atoms with Gasteiger partial charge >= 0.3 is 0 Å². The molecule has 4 heteroatoms. The van der Waals surface area contributed by atoms with Gasteiger partial charge in [0.05, 0.1) is 13.2 Å². The number of rotatable bonds is 7. The van der Waals surface area contributed by atoms with Crippen LogP contribution in [-0.2, 0) is 9.53 Å². The van der Waals surface area contributed by atoms with Crippen LogP contribution in [-0.4, -0.2) is 31.5 Å². The third-order valence-corrected chi connectivity index (χ3v) is 2.91. The minimum atomic E-state index is 0.0944. The first kappa shape index (κ1) is 15.7. The number of halogens is 1. The number of amides is 1. The van der Waals surface area contributed by atoms with Crippen LogP contribution >= 0.6 is 11.6 Å². The summed E-state index contributed by atoms with van der Waals surface area (Å²) < 4.78 is 5.16. The van der Waals surface area contributed by atoms with Crippen molar-refractivity contribution in [3.05, 3.63) is 0 Å². The normalized spacial score (nSPS) is 13.6. The number of carbonyl (C=O) groups is 1. The van der Waals surface area contributed by atoms with Crippen LogP contribution in [0.1, 0.15) is 34.1 Å². The maximum absolute atomic E-state index is 11.5. The van der Waals surface area contributed by atoms with Crippen molar-refractivity contribution >= 4 is 17.5 Å². The summed E-state index contributed by atoms with van der Waals surface area (Å²) in [5, 5.41) is 2.84. The van der Waals surface area contributed by atoms with Gasteiger partial charge in [-0.2, -0.15) is 0 Å². The topological polar surface area (TPSA) is 38.3 Å². The van der Waals surface area contributed by atoms with Crippen LogP contribution in [0, 0.1) is 11.3 Å². The predicted molar refractivity (Wildman–Crippen MR) is 67.8 cm³/mol. The highest BCUT2D eigenvalue weighted by Crippen LogP contribution is 2.27. The molecular weight excluding hydrogens is 226 g/mol. The van der Waals surface area contributed by atoms with Gasteiger partial charge in [-0.1, -0.05) is 27.7 Å². The molecule has 1 N–H and O–H groups in total. The molecule has 0 aliphatic heterocycles. The molecule has 1 unspecified atom stereocenters. The first-order valence-corrected chi connectivity index (χ1v) is 6.31. The lowest BCUT2D eigenvalue weighted by Gasteiger charge is -2.26. The standard InChI is InChI=1S/C12H24ClNO2/c1-10(12(2,3)4)9-11(15)14-6-8-16-7-5-13/h10H,5-9H2,1-4H3,(H,14,15). The summed E-state index contributed by atoms with van der Waals surface area (Å²) in [4.78, 5) is 11.5. The average molecular weight is 250 g/mol. The Labute approximate surface area is 104 Å². The summed E-state index contributed by atoms with van der Waals surface area (Å²) in [5.74, 6) is 0.961. The van der Waals surface area contributed by atoms with Gasteiger partial charge in [-0.15, -0.1) is 11.6 Å². The molecule has 16 heavy (non-hydrogen) atoms. The number of ether oxygens (including phenoxy) is 1. The van der Waals surface area contributed by atoms with E-state index in [9.17, 15) is 4.79 Å². The molecule has 0 rings (SSSR count). The highest BCUT2D eigenvalue weighted by Gasteiger charge is 2.22. The van der Waals surface area contributed by atoms with E-state index in [4.69, 9.17) is 16.3 Å². The van der Waals surface area contributed by atoms with E-state index in [0.717, 1.165) is 0 Å². The third-order valence-electron chi connectivity index (χ3n) is 2.76. The van der Waals surface area contributed by atoms with E-state index in [-0.39, 0.29) is 11.3 Å². The van der Waals surface area contributed by atoms with Gasteiger partial charge in [-0.25, -0.2) is 0 Å². The Morgan fingerprint density at radius 1 is 1.38 bits per heavy atom. The van der Waals surface area contributed by atoms with Crippen LogP contribution in [0.2, 0.25) is 0 Å². The van der Waals surface area contributed by atoms with Crippen molar-refractivity contribution in [1.82, 2.24) is 5.32 Å². The van der Waals surface area contributed by atoms with Crippen LogP contribution in [0.5, 0.6) is 0 Å². The van der Waals surface area contributed by atoms with Gasteiger partial charge in [0.15, 0.2) is 0 Å². The lowest BCUT2D eigenvalue weighted by molar-refractivity contribution is -0.122. The molecule has 96 valence electrons. The molecule has 1 amide bonds. The van der Waals surface area contributed by atoms with Crippen LogP contribution in [0.3, 0.4) is 0 Å². The van der Waals surface area contributed by atoms with Gasteiger partial charge < -0.3 is 10.1 Å². The van der Waals surface area contributed by atoms with Gasteiger partial charge in [0, 0.05) is 18.8 Å². The number of nitrogens with one attached hydrogen (secondary N) is 1. The van der Waals surface area contributed by atoms with Crippen LogP contribution in [0.25, 0.3) is 0 Å². The summed E-state index contributed by atoms with van der Waals surface area (Å²) in [7, 11) is 0. The van der Waals surface area contributed by atoms with Gasteiger partial charge in [0.2, 0.25) is 5.91 Å². The zero-order valence-corrected chi connectivity index (χ0v) is 11.6. The average Bonchev–Trinajstić information content (AvgIpc) is 2.16. The molecule has 1 atom stereocenters. The minimum Gasteiger partial charge on any atom is -0.378 e. The van der Waals surface area contributed by atoms with Crippen LogP contribution < -0.4 is 5.32 Å². The van der Waals surface area contributed by atoms with E-state index in [0.29, 0.717) is 38.0 Å². The summed E-state index contributed by atoms with van der Waals surface area (Å²) in [5.41, 5.74) is 0.173. The first-order chi connectivity index (χ1) is 7.38. The second kappa shape index (κ2) is 7.91. The maximum Gasteiger partial charge on any atom is 0.220 e. The quantitative estimate of drug-likeness (QED) is 0.556. The minimum absolute atomic E-state index is 0.0944. The van der Waals surface area contributed by atoms with E-state index in [2.05, 4.69) is 33.0 Å². The number of hydrogen-bond donors (Lipinski definition) is 1. The Morgan fingerprint density at radius 2 is 2.00 bits per heavy atom. The highest BCUT2D eigenvalue weighted by atomic mass is 35.5. The Morgan fingerprint density at radius 3 is 2.50 bits per heavy atom. The zero-order chi connectivity index (χ0) is 12.6. The van der Waals surface area contributed by atoms with Crippen molar-refractivity contribution in [1.29, 1.82) is 0 Å². The lowest BCUT2D eigenvalue weighted by Crippen LogP contribution is -2.31. The zero-order valence-electron chi connectivity index (χ0n) is 10.8. The van der Waals surface area contributed by atoms with Crippen molar-refractivity contribution in [2.75, 3.05) is 25.6 Å². The van der Waals surface area contributed by atoms with Crippen molar-refractivity contribution in [2.45, 2.75) is 34.1 Å². The molecule has 0 aromatic heterocycles.